The van der Waals surface area contributed by atoms with Crippen molar-refractivity contribution >= 4 is 55.6 Å². The van der Waals surface area contributed by atoms with Gasteiger partial charge in [0.2, 0.25) is 0 Å². The number of fused-ring (bicyclic) bond motifs is 6. The Morgan fingerprint density at radius 3 is 1.83 bits per heavy atom. The normalized spacial score (nSPS) is 17.3. The molecule has 7 aromatic carbocycles. The number of aromatic nitrogens is 2. The summed E-state index contributed by atoms with van der Waals surface area (Å²) in [5.41, 5.74) is 20.4. The Balaban J connectivity index is 0.732. The lowest BCUT2D eigenvalue weighted by atomic mass is 9.89. The quantitative estimate of drug-likeness (QED) is 0.137. The molecule has 0 aliphatic heterocycles. The summed E-state index contributed by atoms with van der Waals surface area (Å²) in [6, 6.07) is 65.9. The zero-order valence-corrected chi connectivity index (χ0v) is 36.3. The molecule has 0 saturated carbocycles. The van der Waals surface area contributed by atoms with Crippen LogP contribution in [0, 0.1) is 0 Å². The van der Waals surface area contributed by atoms with Gasteiger partial charge in [0.05, 0.1) is 11.0 Å². The molecule has 64 heavy (non-hydrogen) atoms. The van der Waals surface area contributed by atoms with Gasteiger partial charge in [-0.15, -0.1) is 0 Å². The Hall–Kier alpha value is -7.16. The third-order valence-corrected chi connectivity index (χ3v) is 14.5. The highest BCUT2D eigenvalue weighted by molar-refractivity contribution is 6.11. The third-order valence-electron chi connectivity index (χ3n) is 14.5. The second-order valence-electron chi connectivity index (χ2n) is 18.2. The highest BCUT2D eigenvalue weighted by Gasteiger charge is 2.26. The lowest BCUT2D eigenvalue weighted by Crippen LogP contribution is -2.16. The van der Waals surface area contributed by atoms with Crippen LogP contribution in [0.2, 0.25) is 0 Å². The van der Waals surface area contributed by atoms with Gasteiger partial charge in [0.25, 0.3) is 0 Å². The van der Waals surface area contributed by atoms with Gasteiger partial charge in [-0.1, -0.05) is 170 Å². The van der Waals surface area contributed by atoms with Gasteiger partial charge in [-0.25, -0.2) is 0 Å². The van der Waals surface area contributed by atoms with E-state index < -0.39 is 0 Å². The molecule has 2 heteroatoms. The van der Waals surface area contributed by atoms with Crippen molar-refractivity contribution in [1.82, 2.24) is 9.13 Å². The molecule has 2 nitrogen and oxygen atoms in total. The summed E-state index contributed by atoms with van der Waals surface area (Å²) in [5, 5.41) is 3.99. The highest BCUT2D eigenvalue weighted by atomic mass is 15.0. The van der Waals surface area contributed by atoms with Crippen molar-refractivity contribution in [2.75, 3.05) is 0 Å². The first kappa shape index (κ1) is 38.5. The molecule has 2 heterocycles. The van der Waals surface area contributed by atoms with E-state index in [-0.39, 0.29) is 0 Å². The van der Waals surface area contributed by atoms with E-state index in [1.807, 2.05) is 0 Å². The maximum absolute atomic E-state index is 2.71. The number of para-hydroxylation sites is 2. The molecule has 0 spiro atoms. The zero-order valence-electron chi connectivity index (χ0n) is 36.3. The van der Waals surface area contributed by atoms with E-state index >= 15 is 0 Å². The first-order valence-corrected chi connectivity index (χ1v) is 23.4. The van der Waals surface area contributed by atoms with Gasteiger partial charge >= 0.3 is 0 Å². The molecule has 0 saturated heterocycles. The van der Waals surface area contributed by atoms with E-state index in [0.717, 1.165) is 44.9 Å². The van der Waals surface area contributed by atoms with Crippen molar-refractivity contribution in [3.63, 3.8) is 0 Å². The highest BCUT2D eigenvalue weighted by Crippen LogP contribution is 2.43. The summed E-state index contributed by atoms with van der Waals surface area (Å²) < 4.78 is 5.15. The number of allylic oxidation sites excluding steroid dienone is 7. The minimum atomic E-state index is 0.419. The van der Waals surface area contributed by atoms with Gasteiger partial charge < -0.3 is 9.13 Å². The maximum atomic E-state index is 2.71. The van der Waals surface area contributed by atoms with Crippen LogP contribution in [0.3, 0.4) is 0 Å². The lowest BCUT2D eigenvalue weighted by molar-refractivity contribution is 0.465. The number of aryl methyl sites for hydroxylation is 2. The van der Waals surface area contributed by atoms with E-state index in [2.05, 4.69) is 215 Å². The van der Waals surface area contributed by atoms with Gasteiger partial charge in [-0.3, -0.25) is 0 Å². The van der Waals surface area contributed by atoms with Crippen LogP contribution in [0.4, 0.5) is 0 Å². The predicted octanol–water partition coefficient (Wildman–Crippen LogP) is 16.1. The third kappa shape index (κ3) is 7.08. The molecule has 2 aromatic heterocycles. The fourth-order valence-electron chi connectivity index (χ4n) is 11.1. The van der Waals surface area contributed by atoms with Crippen molar-refractivity contribution in [2.24, 2.45) is 0 Å². The van der Waals surface area contributed by atoms with E-state index in [4.69, 9.17) is 0 Å². The molecule has 2 atom stereocenters. The standard InChI is InChI=1S/C62H52N2/c1-3-11-45(12-4-1)47-29-35-53(36-30-47)63-59-17-9-7-15-55(59)57-41-51(33-39-61(57)63)49-25-21-43(22-26-49)19-20-44-23-27-50(28-24-44)52-34-40-62-58(42-52)56-16-8-10-18-60(56)64(62)54-37-31-48(32-38-54)46-13-5-2-6-14-46/h1-18,21-29,31,33,35-36,39,41-42,47,54H,19-20,30,32,34,37-38,40H2. The van der Waals surface area contributed by atoms with E-state index in [1.54, 1.807) is 0 Å². The van der Waals surface area contributed by atoms with E-state index in [1.165, 1.54) is 106 Å². The molecule has 2 unspecified atom stereocenters. The van der Waals surface area contributed by atoms with Gasteiger partial charge in [-0.05, 0) is 138 Å². The van der Waals surface area contributed by atoms with E-state index in [0.29, 0.717) is 12.0 Å². The molecule has 9 aromatic rings. The molecule has 3 aliphatic rings. The first-order valence-electron chi connectivity index (χ1n) is 23.4. The molecule has 0 fully saturated rings. The fourth-order valence-corrected chi connectivity index (χ4v) is 11.1. The van der Waals surface area contributed by atoms with Crippen molar-refractivity contribution in [3.05, 3.63) is 239 Å². The Morgan fingerprint density at radius 1 is 0.469 bits per heavy atom. The fraction of sp³-hybridized carbons (Fsp3) is 0.161. The van der Waals surface area contributed by atoms with Crippen molar-refractivity contribution in [1.29, 1.82) is 0 Å². The summed E-state index contributed by atoms with van der Waals surface area (Å²) in [7, 11) is 0. The van der Waals surface area contributed by atoms with Crippen LogP contribution >= 0.6 is 0 Å². The van der Waals surface area contributed by atoms with Crippen molar-refractivity contribution in [3.8, 4) is 11.1 Å². The summed E-state index contributed by atoms with van der Waals surface area (Å²) >= 11 is 0. The average Bonchev–Trinajstić information content (AvgIpc) is 3.89. The zero-order chi connectivity index (χ0) is 42.4. The van der Waals surface area contributed by atoms with Gasteiger partial charge in [0, 0.05) is 50.6 Å². The smallest absolute Gasteiger partial charge is 0.0541 e. The number of hydrogen-bond acceptors (Lipinski definition) is 0. The number of nitrogens with zero attached hydrogens (tertiary/aromatic N) is 2. The molecular weight excluding hydrogens is 773 g/mol. The van der Waals surface area contributed by atoms with Crippen LogP contribution in [-0.2, 0) is 19.3 Å². The largest absolute Gasteiger partial charge is 0.341 e. The van der Waals surface area contributed by atoms with Crippen LogP contribution in [0.15, 0.2) is 200 Å². The lowest BCUT2D eigenvalue weighted by Gasteiger charge is -2.28. The van der Waals surface area contributed by atoms with Crippen LogP contribution in [0.5, 0.6) is 0 Å². The number of benzene rings is 7. The Labute approximate surface area is 376 Å². The van der Waals surface area contributed by atoms with Crippen molar-refractivity contribution in [2.45, 2.75) is 63.3 Å². The summed E-state index contributed by atoms with van der Waals surface area (Å²) in [6.45, 7) is 0. The molecule has 0 N–H and O–H groups in total. The average molecular weight is 825 g/mol. The molecule has 310 valence electrons. The Bertz CT molecular complexity index is 3300. The monoisotopic (exact) mass is 824 g/mol. The molecule has 3 aliphatic carbocycles. The Morgan fingerprint density at radius 2 is 1.11 bits per heavy atom. The number of rotatable bonds is 9. The second kappa shape index (κ2) is 16.5. The maximum Gasteiger partial charge on any atom is 0.0541 e. The van der Waals surface area contributed by atoms with Crippen LogP contribution < -0.4 is 0 Å². The van der Waals surface area contributed by atoms with E-state index in [9.17, 15) is 0 Å². The summed E-state index contributed by atoms with van der Waals surface area (Å²) in [6.07, 6.45) is 20.7. The van der Waals surface area contributed by atoms with Crippen molar-refractivity contribution < 1.29 is 0 Å². The molecule has 0 radical (unpaired) electrons. The molecule has 0 bridgehead atoms. The first-order chi connectivity index (χ1) is 31.7. The topological polar surface area (TPSA) is 9.86 Å². The SMILES string of the molecule is C1=CC(c2ccccc2)CC=C1n1c2ccccc2c2cc(-c3ccc(CCc4ccc(C5=Cc6c(n(C7CC=C(c8ccccc8)CC7)c7ccccc67)CC5)cc4)cc3)ccc21. The van der Waals surface area contributed by atoms with Gasteiger partial charge in [0.15, 0.2) is 0 Å². The van der Waals surface area contributed by atoms with Crippen LogP contribution in [0.1, 0.15) is 83.1 Å². The molecule has 12 rings (SSSR count). The minimum Gasteiger partial charge on any atom is -0.341 e. The predicted molar refractivity (Wildman–Crippen MR) is 271 cm³/mol. The van der Waals surface area contributed by atoms with Crippen LogP contribution in [0.25, 0.3) is 66.8 Å². The summed E-state index contributed by atoms with van der Waals surface area (Å²) in [5.74, 6) is 0.419. The molecule has 0 amide bonds. The molecular formula is C62H52N2. The van der Waals surface area contributed by atoms with Gasteiger partial charge in [-0.2, -0.15) is 0 Å². The number of hydrogen-bond donors (Lipinski definition) is 0. The Kier molecular flexibility index (Phi) is 9.94. The van der Waals surface area contributed by atoms with Crippen LogP contribution in [-0.4, -0.2) is 9.13 Å². The second-order valence-corrected chi connectivity index (χ2v) is 18.2. The van der Waals surface area contributed by atoms with Gasteiger partial charge in [0.1, 0.15) is 0 Å². The minimum absolute atomic E-state index is 0.419. The summed E-state index contributed by atoms with van der Waals surface area (Å²) in [4.78, 5) is 0.